The van der Waals surface area contributed by atoms with Crippen LogP contribution in [0.1, 0.15) is 19.8 Å². The van der Waals surface area contributed by atoms with Gasteiger partial charge in [0.15, 0.2) is 0 Å². The van der Waals surface area contributed by atoms with Gasteiger partial charge in [-0.3, -0.25) is 0 Å². The molecule has 1 nitrogen and oxygen atoms in total. The predicted molar refractivity (Wildman–Crippen MR) is 55.9 cm³/mol. The van der Waals surface area contributed by atoms with Crippen LogP contribution in [-0.2, 0) is 4.74 Å². The summed E-state index contributed by atoms with van der Waals surface area (Å²) in [7, 11) is 0. The van der Waals surface area contributed by atoms with Crippen molar-refractivity contribution in [2.24, 2.45) is 0 Å². The summed E-state index contributed by atoms with van der Waals surface area (Å²) < 4.78 is 6.12. The molecule has 1 heterocycles. The van der Waals surface area contributed by atoms with Crippen LogP contribution in [0.2, 0.25) is 0 Å². The quantitative estimate of drug-likeness (QED) is 0.550. The zero-order valence-corrected chi connectivity index (χ0v) is 8.87. The third kappa shape index (κ3) is 3.27. The first-order chi connectivity index (χ1) is 5.33. The lowest BCUT2D eigenvalue weighted by Gasteiger charge is -2.16. The second kappa shape index (κ2) is 4.80. The Kier molecular flexibility index (Phi) is 3.97. The maximum Gasteiger partial charge on any atom is 0.115 e. The molecule has 0 fully saturated rings. The van der Waals surface area contributed by atoms with Crippen LogP contribution in [-0.4, -0.2) is 10.5 Å². The van der Waals surface area contributed by atoms with Gasteiger partial charge in [0, 0.05) is 3.92 Å². The highest BCUT2D eigenvalue weighted by molar-refractivity contribution is 14.1. The predicted octanol–water partition coefficient (Wildman–Crippen LogP) is 3.06. The van der Waals surface area contributed by atoms with Crippen LogP contribution in [0.4, 0.5) is 0 Å². The number of hydrogen-bond acceptors (Lipinski definition) is 1. The fraction of sp³-hybridized carbons (Fsp3) is 0.556. The van der Waals surface area contributed by atoms with Crippen LogP contribution >= 0.6 is 22.6 Å². The van der Waals surface area contributed by atoms with Crippen molar-refractivity contribution in [1.82, 2.24) is 0 Å². The number of allylic oxidation sites excluding steroid dienone is 3. The number of alkyl halides is 1. The Morgan fingerprint density at radius 1 is 1.82 bits per heavy atom. The zero-order chi connectivity index (χ0) is 8.10. The summed E-state index contributed by atoms with van der Waals surface area (Å²) in [5.41, 5.74) is 0. The second-order valence-corrected chi connectivity index (χ2v) is 4.32. The summed E-state index contributed by atoms with van der Waals surface area (Å²) in [5, 5.41) is 0. The largest absolute Gasteiger partial charge is 0.493 e. The monoisotopic (exact) mass is 264 g/mol. The molecule has 1 atom stereocenters. The van der Waals surface area contributed by atoms with Gasteiger partial charge in [0.1, 0.15) is 12.4 Å². The van der Waals surface area contributed by atoms with E-state index < -0.39 is 0 Å². The van der Waals surface area contributed by atoms with E-state index in [1.54, 1.807) is 0 Å². The first kappa shape index (κ1) is 9.10. The van der Waals surface area contributed by atoms with Crippen LogP contribution in [0.5, 0.6) is 0 Å². The molecule has 0 aromatic heterocycles. The SMILES string of the molecule is CC/C=C/C1=CCC(I)CO1. The van der Waals surface area contributed by atoms with E-state index in [1.807, 2.05) is 0 Å². The molecule has 0 bridgehead atoms. The second-order valence-electron chi connectivity index (χ2n) is 2.56. The Labute approximate surface area is 81.6 Å². The molecule has 0 saturated heterocycles. The molecule has 62 valence electrons. The van der Waals surface area contributed by atoms with E-state index in [-0.39, 0.29) is 0 Å². The average Bonchev–Trinajstić information content (AvgIpc) is 2.04. The molecule has 0 radical (unpaired) electrons. The van der Waals surface area contributed by atoms with E-state index in [9.17, 15) is 0 Å². The third-order valence-corrected chi connectivity index (χ3v) is 2.39. The van der Waals surface area contributed by atoms with Gasteiger partial charge in [0.25, 0.3) is 0 Å². The molecule has 0 aromatic rings. The molecule has 0 aromatic carbocycles. The fourth-order valence-electron chi connectivity index (χ4n) is 0.908. The molecule has 1 rings (SSSR count). The van der Waals surface area contributed by atoms with Crippen molar-refractivity contribution in [3.05, 3.63) is 24.0 Å². The number of rotatable bonds is 2. The van der Waals surface area contributed by atoms with Crippen LogP contribution < -0.4 is 0 Å². The minimum Gasteiger partial charge on any atom is -0.493 e. The lowest BCUT2D eigenvalue weighted by Crippen LogP contribution is -2.11. The molecule has 0 saturated carbocycles. The summed E-state index contributed by atoms with van der Waals surface area (Å²) in [5.74, 6) is 1.04. The summed E-state index contributed by atoms with van der Waals surface area (Å²) >= 11 is 2.41. The van der Waals surface area contributed by atoms with E-state index in [0.717, 1.165) is 25.2 Å². The van der Waals surface area contributed by atoms with E-state index in [0.29, 0.717) is 3.92 Å². The normalized spacial score (nSPS) is 24.9. The third-order valence-electron chi connectivity index (χ3n) is 1.52. The van der Waals surface area contributed by atoms with Gasteiger partial charge in [0.2, 0.25) is 0 Å². The molecule has 2 heteroatoms. The van der Waals surface area contributed by atoms with Crippen LogP contribution in [0.3, 0.4) is 0 Å². The van der Waals surface area contributed by atoms with Gasteiger partial charge >= 0.3 is 0 Å². The molecule has 0 N–H and O–H groups in total. The molecule has 1 aliphatic heterocycles. The summed E-state index contributed by atoms with van der Waals surface area (Å²) in [6, 6.07) is 0. The van der Waals surface area contributed by atoms with E-state index >= 15 is 0 Å². The highest BCUT2D eigenvalue weighted by atomic mass is 127. The smallest absolute Gasteiger partial charge is 0.115 e. The molecule has 1 unspecified atom stereocenters. The van der Waals surface area contributed by atoms with Gasteiger partial charge in [-0.1, -0.05) is 35.6 Å². The molecule has 0 spiro atoms. The van der Waals surface area contributed by atoms with E-state index in [1.165, 1.54) is 0 Å². The Balaban J connectivity index is 2.41. The standard InChI is InChI=1S/C9H13IO/c1-2-3-4-9-6-5-8(10)7-11-9/h3-4,6,8H,2,5,7H2,1H3/b4-3+. The average molecular weight is 264 g/mol. The van der Waals surface area contributed by atoms with E-state index in [2.05, 4.69) is 47.7 Å². The van der Waals surface area contributed by atoms with Gasteiger partial charge < -0.3 is 4.74 Å². The molecule has 0 amide bonds. The van der Waals surface area contributed by atoms with Crippen molar-refractivity contribution in [3.8, 4) is 0 Å². The highest BCUT2D eigenvalue weighted by Crippen LogP contribution is 2.17. The number of ether oxygens (including phenoxy) is 1. The summed E-state index contributed by atoms with van der Waals surface area (Å²) in [6.07, 6.45) is 8.56. The molecular formula is C9H13IO. The number of hydrogen-bond donors (Lipinski definition) is 0. The van der Waals surface area contributed by atoms with E-state index in [4.69, 9.17) is 4.74 Å². The zero-order valence-electron chi connectivity index (χ0n) is 6.72. The van der Waals surface area contributed by atoms with Gasteiger partial charge in [-0.2, -0.15) is 0 Å². The summed E-state index contributed by atoms with van der Waals surface area (Å²) in [4.78, 5) is 0. The molecular weight excluding hydrogens is 251 g/mol. The highest BCUT2D eigenvalue weighted by Gasteiger charge is 2.09. The first-order valence-corrected chi connectivity index (χ1v) is 5.21. The minimum absolute atomic E-state index is 0.659. The van der Waals surface area contributed by atoms with Crippen LogP contribution in [0, 0.1) is 0 Å². The fourth-order valence-corrected chi connectivity index (χ4v) is 1.34. The maximum absolute atomic E-state index is 5.46. The lowest BCUT2D eigenvalue weighted by atomic mass is 10.2. The summed E-state index contributed by atoms with van der Waals surface area (Å²) in [6.45, 7) is 2.99. The molecule has 0 aliphatic carbocycles. The van der Waals surface area contributed by atoms with Gasteiger partial charge in [0.05, 0.1) is 0 Å². The Morgan fingerprint density at radius 3 is 3.18 bits per heavy atom. The Bertz CT molecular complexity index is 172. The van der Waals surface area contributed by atoms with Crippen molar-refractivity contribution < 1.29 is 4.74 Å². The minimum atomic E-state index is 0.659. The van der Waals surface area contributed by atoms with Crippen molar-refractivity contribution in [1.29, 1.82) is 0 Å². The Morgan fingerprint density at radius 2 is 2.64 bits per heavy atom. The van der Waals surface area contributed by atoms with Gasteiger partial charge in [-0.05, 0) is 25.0 Å². The van der Waals surface area contributed by atoms with Crippen molar-refractivity contribution in [3.63, 3.8) is 0 Å². The molecule has 11 heavy (non-hydrogen) atoms. The Hall–Kier alpha value is 0.01000. The van der Waals surface area contributed by atoms with Gasteiger partial charge in [-0.15, -0.1) is 0 Å². The van der Waals surface area contributed by atoms with Crippen molar-refractivity contribution in [2.45, 2.75) is 23.7 Å². The van der Waals surface area contributed by atoms with Crippen molar-refractivity contribution >= 4 is 22.6 Å². The van der Waals surface area contributed by atoms with Crippen LogP contribution in [0.25, 0.3) is 0 Å². The first-order valence-electron chi connectivity index (χ1n) is 3.96. The van der Waals surface area contributed by atoms with Crippen molar-refractivity contribution in [2.75, 3.05) is 6.61 Å². The lowest BCUT2D eigenvalue weighted by molar-refractivity contribution is 0.214. The maximum atomic E-state index is 5.46. The topological polar surface area (TPSA) is 9.23 Å². The number of halogens is 1. The van der Waals surface area contributed by atoms with Gasteiger partial charge in [-0.25, -0.2) is 0 Å². The molecule has 1 aliphatic rings. The van der Waals surface area contributed by atoms with Crippen LogP contribution in [0.15, 0.2) is 24.0 Å².